The third kappa shape index (κ3) is 3.57. The second kappa shape index (κ2) is 6.19. The first-order valence-electron chi connectivity index (χ1n) is 6.29. The minimum atomic E-state index is -0.301. The van der Waals surface area contributed by atoms with Crippen LogP contribution in [0, 0.1) is 11.6 Å². The van der Waals surface area contributed by atoms with Crippen LogP contribution >= 0.6 is 0 Å². The molecule has 0 aliphatic carbocycles. The van der Waals surface area contributed by atoms with E-state index in [2.05, 4.69) is 17.2 Å². The fourth-order valence-electron chi connectivity index (χ4n) is 1.90. The molecule has 0 aromatic heterocycles. The molecule has 0 saturated heterocycles. The van der Waals surface area contributed by atoms with Crippen LogP contribution in [0.4, 0.5) is 20.2 Å². The first-order valence-corrected chi connectivity index (χ1v) is 6.29. The van der Waals surface area contributed by atoms with Crippen molar-refractivity contribution in [2.75, 3.05) is 10.6 Å². The van der Waals surface area contributed by atoms with Crippen molar-refractivity contribution in [1.29, 1.82) is 0 Å². The van der Waals surface area contributed by atoms with Gasteiger partial charge < -0.3 is 10.6 Å². The van der Waals surface area contributed by atoms with E-state index in [-0.39, 0.29) is 17.8 Å². The van der Waals surface area contributed by atoms with Crippen LogP contribution in [0.1, 0.15) is 12.5 Å². The van der Waals surface area contributed by atoms with Crippen LogP contribution in [-0.2, 0) is 0 Å². The van der Waals surface area contributed by atoms with E-state index in [0.29, 0.717) is 5.56 Å². The molecule has 2 N–H and O–H groups in total. The molecule has 104 valence electrons. The van der Waals surface area contributed by atoms with Crippen LogP contribution in [0.5, 0.6) is 0 Å². The fourth-order valence-corrected chi connectivity index (χ4v) is 1.90. The second-order valence-corrected chi connectivity index (χ2v) is 4.45. The van der Waals surface area contributed by atoms with Gasteiger partial charge in [0.2, 0.25) is 0 Å². The van der Waals surface area contributed by atoms with Gasteiger partial charge in [-0.1, -0.05) is 12.7 Å². The summed E-state index contributed by atoms with van der Waals surface area (Å²) in [5, 5.41) is 6.39. The second-order valence-electron chi connectivity index (χ2n) is 4.45. The highest BCUT2D eigenvalue weighted by atomic mass is 19.1. The van der Waals surface area contributed by atoms with Crippen LogP contribution in [0.15, 0.2) is 49.0 Å². The topological polar surface area (TPSA) is 24.1 Å². The molecule has 4 heteroatoms. The van der Waals surface area contributed by atoms with Gasteiger partial charge in [-0.3, -0.25) is 0 Å². The average molecular weight is 274 g/mol. The Morgan fingerprint density at radius 3 is 2.30 bits per heavy atom. The number of anilines is 2. The Morgan fingerprint density at radius 2 is 1.65 bits per heavy atom. The zero-order valence-corrected chi connectivity index (χ0v) is 11.2. The molecule has 0 spiro atoms. The summed E-state index contributed by atoms with van der Waals surface area (Å²) >= 11 is 0. The molecule has 2 aromatic carbocycles. The molecule has 0 radical (unpaired) electrons. The number of benzene rings is 2. The normalized spacial score (nSPS) is 11.8. The van der Waals surface area contributed by atoms with Crippen molar-refractivity contribution >= 4 is 17.5 Å². The molecule has 0 aliphatic rings. The van der Waals surface area contributed by atoms with E-state index in [4.69, 9.17) is 0 Å². The van der Waals surface area contributed by atoms with Gasteiger partial charge in [0, 0.05) is 11.4 Å². The van der Waals surface area contributed by atoms with Gasteiger partial charge in [0.05, 0.1) is 6.17 Å². The average Bonchev–Trinajstić information content (AvgIpc) is 2.43. The summed E-state index contributed by atoms with van der Waals surface area (Å²) < 4.78 is 25.9. The van der Waals surface area contributed by atoms with Gasteiger partial charge in [-0.2, -0.15) is 0 Å². The molecule has 1 atom stereocenters. The highest BCUT2D eigenvalue weighted by Gasteiger charge is 2.06. The summed E-state index contributed by atoms with van der Waals surface area (Å²) in [5.74, 6) is -0.576. The number of nitrogens with one attached hydrogen (secondary N) is 2. The molecule has 0 aliphatic heterocycles. The molecular weight excluding hydrogens is 258 g/mol. The SMILES string of the molecule is C=Cc1cc(F)ccc1NC(C)Nc1ccc(F)cc1. The molecule has 1 unspecified atom stereocenters. The Kier molecular flexibility index (Phi) is 4.35. The summed E-state index contributed by atoms with van der Waals surface area (Å²) in [6, 6.07) is 10.6. The van der Waals surface area contributed by atoms with Crippen molar-refractivity contribution in [3.63, 3.8) is 0 Å². The highest BCUT2D eigenvalue weighted by molar-refractivity contribution is 5.66. The molecule has 0 heterocycles. The van der Waals surface area contributed by atoms with E-state index < -0.39 is 0 Å². The molecule has 20 heavy (non-hydrogen) atoms. The predicted octanol–water partition coefficient (Wildman–Crippen LogP) is 4.48. The zero-order valence-electron chi connectivity index (χ0n) is 11.2. The third-order valence-corrected chi connectivity index (χ3v) is 2.83. The van der Waals surface area contributed by atoms with E-state index in [9.17, 15) is 8.78 Å². The first-order chi connectivity index (χ1) is 9.58. The number of halogens is 2. The van der Waals surface area contributed by atoms with Crippen LogP contribution in [0.2, 0.25) is 0 Å². The van der Waals surface area contributed by atoms with Gasteiger partial charge >= 0.3 is 0 Å². The Morgan fingerprint density at radius 1 is 1.00 bits per heavy atom. The molecular formula is C16H16F2N2. The van der Waals surface area contributed by atoms with Gasteiger partial charge in [0.15, 0.2) is 0 Å². The Balaban J connectivity index is 2.06. The summed E-state index contributed by atoms with van der Waals surface area (Å²) in [6.45, 7) is 5.58. The molecule has 2 nitrogen and oxygen atoms in total. The van der Waals surface area contributed by atoms with Gasteiger partial charge in [-0.05, 0) is 55.0 Å². The highest BCUT2D eigenvalue weighted by Crippen LogP contribution is 2.19. The number of hydrogen-bond donors (Lipinski definition) is 2. The van der Waals surface area contributed by atoms with Crippen molar-refractivity contribution in [1.82, 2.24) is 0 Å². The Labute approximate surface area is 117 Å². The van der Waals surface area contributed by atoms with E-state index in [1.807, 2.05) is 6.92 Å². The van der Waals surface area contributed by atoms with Crippen LogP contribution in [0.25, 0.3) is 6.08 Å². The van der Waals surface area contributed by atoms with E-state index in [0.717, 1.165) is 11.4 Å². The van der Waals surface area contributed by atoms with Crippen molar-refractivity contribution in [2.45, 2.75) is 13.1 Å². The van der Waals surface area contributed by atoms with E-state index in [1.54, 1.807) is 24.3 Å². The largest absolute Gasteiger partial charge is 0.366 e. The van der Waals surface area contributed by atoms with Crippen molar-refractivity contribution < 1.29 is 8.78 Å². The first kappa shape index (κ1) is 14.1. The lowest BCUT2D eigenvalue weighted by Gasteiger charge is -2.19. The van der Waals surface area contributed by atoms with Crippen LogP contribution in [0.3, 0.4) is 0 Å². The van der Waals surface area contributed by atoms with E-state index >= 15 is 0 Å². The van der Waals surface area contributed by atoms with Gasteiger partial charge in [-0.25, -0.2) is 8.78 Å². The fraction of sp³-hybridized carbons (Fsp3) is 0.125. The molecule has 0 saturated carbocycles. The maximum atomic E-state index is 13.1. The standard InChI is InChI=1S/C16H16F2N2/c1-3-12-10-14(18)6-9-16(12)20-11(2)19-15-7-4-13(17)5-8-15/h3-11,19-20H,1H2,2H3. The predicted molar refractivity (Wildman–Crippen MR) is 79.6 cm³/mol. The van der Waals surface area contributed by atoms with Gasteiger partial charge in [0.25, 0.3) is 0 Å². The minimum Gasteiger partial charge on any atom is -0.366 e. The molecule has 0 amide bonds. The molecule has 2 aromatic rings. The third-order valence-electron chi connectivity index (χ3n) is 2.83. The maximum absolute atomic E-state index is 13.1. The number of rotatable bonds is 5. The summed E-state index contributed by atoms with van der Waals surface area (Å²) in [4.78, 5) is 0. The van der Waals surface area contributed by atoms with Gasteiger partial charge in [0.1, 0.15) is 11.6 Å². The van der Waals surface area contributed by atoms with Crippen molar-refractivity contribution in [3.05, 3.63) is 66.2 Å². The summed E-state index contributed by atoms with van der Waals surface area (Å²) in [6.07, 6.45) is 1.49. The van der Waals surface area contributed by atoms with Crippen LogP contribution in [-0.4, -0.2) is 6.17 Å². The Bertz CT molecular complexity index is 594. The summed E-state index contributed by atoms with van der Waals surface area (Å²) in [7, 11) is 0. The smallest absolute Gasteiger partial charge is 0.123 e. The summed E-state index contributed by atoms with van der Waals surface area (Å²) in [5.41, 5.74) is 2.27. The molecule has 0 bridgehead atoms. The molecule has 2 rings (SSSR count). The lowest BCUT2D eigenvalue weighted by molar-refractivity contribution is 0.627. The van der Waals surface area contributed by atoms with Gasteiger partial charge in [-0.15, -0.1) is 0 Å². The van der Waals surface area contributed by atoms with Crippen LogP contribution < -0.4 is 10.6 Å². The van der Waals surface area contributed by atoms with E-state index in [1.165, 1.54) is 24.3 Å². The molecule has 0 fully saturated rings. The lowest BCUT2D eigenvalue weighted by atomic mass is 10.1. The quantitative estimate of drug-likeness (QED) is 0.786. The zero-order chi connectivity index (χ0) is 14.5. The monoisotopic (exact) mass is 274 g/mol. The minimum absolute atomic E-state index is 0.107. The lowest BCUT2D eigenvalue weighted by Crippen LogP contribution is -2.25. The Hall–Kier alpha value is -2.36. The van der Waals surface area contributed by atoms with Crippen molar-refractivity contribution in [3.8, 4) is 0 Å². The number of hydrogen-bond acceptors (Lipinski definition) is 2. The maximum Gasteiger partial charge on any atom is 0.123 e. The van der Waals surface area contributed by atoms with Crippen molar-refractivity contribution in [2.24, 2.45) is 0 Å².